The zero-order chi connectivity index (χ0) is 20.9. The van der Waals surface area contributed by atoms with E-state index in [-0.39, 0.29) is 6.79 Å². The van der Waals surface area contributed by atoms with Crippen molar-refractivity contribution in [1.29, 1.82) is 0 Å². The van der Waals surface area contributed by atoms with Crippen LogP contribution in [0, 0.1) is 0 Å². The van der Waals surface area contributed by atoms with Gasteiger partial charge in [0.25, 0.3) is 0 Å². The van der Waals surface area contributed by atoms with Crippen molar-refractivity contribution in [3.05, 3.63) is 76.3 Å². The summed E-state index contributed by atoms with van der Waals surface area (Å²) < 4.78 is 13.3. The van der Waals surface area contributed by atoms with Gasteiger partial charge in [-0.25, -0.2) is 4.98 Å². The first-order valence-electron chi connectivity index (χ1n) is 10.6. The lowest BCUT2D eigenvalue weighted by Gasteiger charge is -2.13. The van der Waals surface area contributed by atoms with Crippen LogP contribution in [-0.4, -0.2) is 16.3 Å². The molecule has 1 aliphatic rings. The molecular formula is C25H27ClN2O2. The highest BCUT2D eigenvalue weighted by Gasteiger charge is 2.16. The minimum absolute atomic E-state index is 0.287. The van der Waals surface area contributed by atoms with E-state index < -0.39 is 0 Å². The van der Waals surface area contributed by atoms with E-state index >= 15 is 0 Å². The van der Waals surface area contributed by atoms with Crippen LogP contribution in [0.3, 0.4) is 0 Å². The summed E-state index contributed by atoms with van der Waals surface area (Å²) in [6, 6.07) is 14.2. The molecule has 2 aromatic carbocycles. The van der Waals surface area contributed by atoms with Crippen molar-refractivity contribution in [3.8, 4) is 11.5 Å². The van der Waals surface area contributed by atoms with Crippen molar-refractivity contribution >= 4 is 23.3 Å². The molecule has 30 heavy (non-hydrogen) atoms. The predicted octanol–water partition coefficient (Wildman–Crippen LogP) is 6.61. The molecule has 0 saturated carbocycles. The number of fused-ring (bicyclic) bond motifs is 1. The first kappa shape index (κ1) is 20.5. The standard InChI is InChI=1S/C25H27ClN2O2/c1-3-5-10-25-27-15-21(28(25)16-20-8-6-7-9-22(20)26)13-18(4-2)19-11-12-23-24(14-19)30-17-29-23/h6-9,11-15H,3-5,10,16-17H2,1-2H3/b18-13+. The maximum Gasteiger partial charge on any atom is 0.231 e. The summed E-state index contributed by atoms with van der Waals surface area (Å²) in [6.07, 6.45) is 8.33. The average Bonchev–Trinajstić information content (AvgIpc) is 3.38. The second kappa shape index (κ2) is 9.40. The zero-order valence-corrected chi connectivity index (χ0v) is 18.3. The summed E-state index contributed by atoms with van der Waals surface area (Å²) in [5.74, 6) is 2.71. The summed E-state index contributed by atoms with van der Waals surface area (Å²) in [5.41, 5.74) is 4.57. The minimum Gasteiger partial charge on any atom is -0.454 e. The second-order valence-corrected chi connectivity index (χ2v) is 7.88. The van der Waals surface area contributed by atoms with Crippen LogP contribution in [0.4, 0.5) is 0 Å². The number of halogens is 1. The van der Waals surface area contributed by atoms with Crippen LogP contribution >= 0.6 is 11.6 Å². The maximum atomic E-state index is 6.46. The fourth-order valence-electron chi connectivity index (χ4n) is 3.72. The van der Waals surface area contributed by atoms with Gasteiger partial charge in [0, 0.05) is 11.4 Å². The third-order valence-electron chi connectivity index (χ3n) is 5.46. The van der Waals surface area contributed by atoms with Gasteiger partial charge in [0.05, 0.1) is 18.4 Å². The van der Waals surface area contributed by atoms with Crippen molar-refractivity contribution < 1.29 is 9.47 Å². The lowest BCUT2D eigenvalue weighted by atomic mass is 10.0. The van der Waals surface area contributed by atoms with Gasteiger partial charge < -0.3 is 14.0 Å². The maximum absolute atomic E-state index is 6.46. The molecule has 0 N–H and O–H groups in total. The number of rotatable bonds is 8. The molecule has 0 spiro atoms. The fourth-order valence-corrected chi connectivity index (χ4v) is 3.92. The summed E-state index contributed by atoms with van der Waals surface area (Å²) in [6.45, 7) is 5.37. The molecule has 0 amide bonds. The van der Waals surface area contributed by atoms with Crippen molar-refractivity contribution in [2.24, 2.45) is 0 Å². The molecule has 0 atom stereocenters. The van der Waals surface area contributed by atoms with Gasteiger partial charge >= 0.3 is 0 Å². The first-order valence-corrected chi connectivity index (χ1v) is 11.0. The van der Waals surface area contributed by atoms with Gasteiger partial charge in [0.2, 0.25) is 6.79 Å². The highest BCUT2D eigenvalue weighted by molar-refractivity contribution is 6.31. The van der Waals surface area contributed by atoms with Crippen molar-refractivity contribution in [1.82, 2.24) is 9.55 Å². The highest BCUT2D eigenvalue weighted by Crippen LogP contribution is 2.35. The number of hydrogen-bond acceptors (Lipinski definition) is 3. The van der Waals surface area contributed by atoms with Crippen LogP contribution in [0.5, 0.6) is 11.5 Å². The zero-order valence-electron chi connectivity index (χ0n) is 17.5. The smallest absolute Gasteiger partial charge is 0.231 e. The quantitative estimate of drug-likeness (QED) is 0.410. The Morgan fingerprint density at radius 3 is 2.77 bits per heavy atom. The molecule has 0 radical (unpaired) electrons. The Labute approximate surface area is 183 Å². The molecule has 0 bridgehead atoms. The highest BCUT2D eigenvalue weighted by atomic mass is 35.5. The number of aromatic nitrogens is 2. The van der Waals surface area contributed by atoms with E-state index in [1.165, 1.54) is 5.57 Å². The molecule has 0 aliphatic carbocycles. The Bertz CT molecular complexity index is 1060. The molecule has 156 valence electrons. The molecule has 4 nitrogen and oxygen atoms in total. The normalized spacial score (nSPS) is 13.1. The van der Waals surface area contributed by atoms with Gasteiger partial charge in [0.15, 0.2) is 11.5 Å². The lowest BCUT2D eigenvalue weighted by molar-refractivity contribution is 0.174. The number of unbranched alkanes of at least 4 members (excludes halogenated alkanes) is 1. The van der Waals surface area contributed by atoms with Gasteiger partial charge in [0.1, 0.15) is 5.82 Å². The van der Waals surface area contributed by atoms with Crippen LogP contribution in [0.15, 0.2) is 48.7 Å². The molecule has 4 rings (SSSR count). The van der Waals surface area contributed by atoms with Gasteiger partial charge in [-0.15, -0.1) is 0 Å². The molecule has 5 heteroatoms. The van der Waals surface area contributed by atoms with Crippen molar-refractivity contribution in [3.63, 3.8) is 0 Å². The SMILES string of the molecule is CCCCc1ncc(/C=C(\CC)c2ccc3c(c2)OCO3)n1Cc1ccccc1Cl. The summed E-state index contributed by atoms with van der Waals surface area (Å²) in [5, 5.41) is 0.786. The average molecular weight is 423 g/mol. The predicted molar refractivity (Wildman–Crippen MR) is 122 cm³/mol. The number of benzene rings is 2. The molecule has 1 aliphatic heterocycles. The second-order valence-electron chi connectivity index (χ2n) is 7.47. The summed E-state index contributed by atoms with van der Waals surface area (Å²) >= 11 is 6.46. The van der Waals surface area contributed by atoms with E-state index in [1.54, 1.807) is 0 Å². The Balaban J connectivity index is 1.71. The molecule has 0 saturated heterocycles. The Kier molecular flexibility index (Phi) is 6.44. The van der Waals surface area contributed by atoms with Gasteiger partial charge in [-0.3, -0.25) is 0 Å². The van der Waals surface area contributed by atoms with Crippen LogP contribution in [0.2, 0.25) is 5.02 Å². The monoisotopic (exact) mass is 422 g/mol. The number of nitrogens with zero attached hydrogens (tertiary/aromatic N) is 2. The lowest BCUT2D eigenvalue weighted by Crippen LogP contribution is -2.08. The molecule has 3 aromatic rings. The molecule has 0 unspecified atom stereocenters. The fraction of sp³-hybridized carbons (Fsp3) is 0.320. The molecule has 0 fully saturated rings. The first-order chi connectivity index (χ1) is 14.7. The molecular weight excluding hydrogens is 396 g/mol. The van der Waals surface area contributed by atoms with E-state index in [2.05, 4.69) is 42.7 Å². The Morgan fingerprint density at radius 2 is 1.97 bits per heavy atom. The number of ether oxygens (including phenoxy) is 2. The van der Waals surface area contributed by atoms with Crippen molar-refractivity contribution in [2.75, 3.05) is 6.79 Å². The number of hydrogen-bond donors (Lipinski definition) is 0. The Morgan fingerprint density at radius 1 is 1.13 bits per heavy atom. The largest absolute Gasteiger partial charge is 0.454 e. The summed E-state index contributed by atoms with van der Waals surface area (Å²) in [7, 11) is 0. The van der Waals surface area contributed by atoms with E-state index in [9.17, 15) is 0 Å². The van der Waals surface area contributed by atoms with E-state index in [0.717, 1.165) is 64.9 Å². The topological polar surface area (TPSA) is 36.3 Å². The van der Waals surface area contributed by atoms with Crippen molar-refractivity contribution in [2.45, 2.75) is 46.1 Å². The van der Waals surface area contributed by atoms with E-state index in [4.69, 9.17) is 26.1 Å². The van der Waals surface area contributed by atoms with E-state index in [1.807, 2.05) is 30.5 Å². The van der Waals surface area contributed by atoms with Gasteiger partial charge in [-0.05, 0) is 53.8 Å². The third kappa shape index (κ3) is 4.39. The number of imidazole rings is 1. The Hall–Kier alpha value is -2.72. The number of allylic oxidation sites excluding steroid dienone is 1. The third-order valence-corrected chi connectivity index (χ3v) is 5.82. The van der Waals surface area contributed by atoms with Gasteiger partial charge in [-0.1, -0.05) is 56.1 Å². The van der Waals surface area contributed by atoms with E-state index in [0.29, 0.717) is 6.54 Å². The number of aryl methyl sites for hydroxylation is 1. The van der Waals surface area contributed by atoms with Crippen LogP contribution in [0.1, 0.15) is 55.8 Å². The van der Waals surface area contributed by atoms with Crippen LogP contribution in [-0.2, 0) is 13.0 Å². The minimum atomic E-state index is 0.287. The summed E-state index contributed by atoms with van der Waals surface area (Å²) in [4.78, 5) is 4.75. The van der Waals surface area contributed by atoms with Crippen LogP contribution in [0.25, 0.3) is 11.6 Å². The van der Waals surface area contributed by atoms with Crippen LogP contribution < -0.4 is 9.47 Å². The molecule has 1 aromatic heterocycles. The van der Waals surface area contributed by atoms with Gasteiger partial charge in [-0.2, -0.15) is 0 Å². The molecule has 2 heterocycles.